The van der Waals surface area contributed by atoms with E-state index < -0.39 is 211 Å². The van der Waals surface area contributed by atoms with Crippen molar-refractivity contribution < 1.29 is 91.9 Å². The number of H-pyrrole nitrogens is 2. The van der Waals surface area contributed by atoms with Crippen molar-refractivity contribution in [3.63, 3.8) is 0 Å². The molecule has 9 rings (SSSR count). The molecule has 0 saturated carbocycles. The number of carbonyl (C=O) groups is 16. The summed E-state index contributed by atoms with van der Waals surface area (Å²) in [5.41, 5.74) is 14.0. The molecule has 19 N–H and O–H groups in total. The van der Waals surface area contributed by atoms with Gasteiger partial charge in [-0.15, -0.1) is 0 Å². The molecule has 2 aromatic heterocycles. The van der Waals surface area contributed by atoms with E-state index in [1.54, 1.807) is 74.8 Å². The molecule has 1 unspecified atom stereocenters. The number of amides is 15. The first-order valence-electron chi connectivity index (χ1n) is 37.5. The quantitative estimate of drug-likeness (QED) is 0.0668. The molecule has 112 heavy (non-hydrogen) atoms. The van der Waals surface area contributed by atoms with Gasteiger partial charge >= 0.3 is 5.97 Å². The minimum absolute atomic E-state index is 0.0358. The number of para-hydroxylation sites is 2. The highest BCUT2D eigenvalue weighted by molar-refractivity contribution is 7.99. The van der Waals surface area contributed by atoms with Gasteiger partial charge in [-0.3, -0.25) is 86.5 Å². The van der Waals surface area contributed by atoms with Crippen LogP contribution in [0.1, 0.15) is 104 Å². The third kappa shape index (κ3) is 22.1. The number of carbonyl (C=O) groups excluding carboxylic acids is 15. The minimum Gasteiger partial charge on any atom is -0.481 e. The molecule has 4 aromatic rings. The van der Waals surface area contributed by atoms with Gasteiger partial charge in [0.1, 0.15) is 67.0 Å². The zero-order valence-electron chi connectivity index (χ0n) is 63.3. The topological polar surface area (TPSA) is 535 Å². The van der Waals surface area contributed by atoms with Gasteiger partial charge in [0.2, 0.25) is 82.7 Å². The monoisotopic (exact) mass is 1600 g/mol. The summed E-state index contributed by atoms with van der Waals surface area (Å²) in [4.78, 5) is 242. The molecule has 39 heteroatoms. The fourth-order valence-electron chi connectivity index (χ4n) is 14.1. The number of benzene rings is 2. The molecule has 14 atom stereocenters. The van der Waals surface area contributed by atoms with Gasteiger partial charge in [-0.2, -0.15) is 33.5 Å². The number of aliphatic carboxylic acids is 1. The number of aliphatic hydroxyl groups excluding tert-OH is 1. The molecule has 15 amide bonds. The van der Waals surface area contributed by atoms with Gasteiger partial charge in [0.05, 0.1) is 18.6 Å². The van der Waals surface area contributed by atoms with Gasteiger partial charge in [0, 0.05) is 103 Å². The fourth-order valence-corrected chi connectivity index (χ4v) is 16.0. The molecular weight excluding hydrogens is 1500 g/mol. The van der Waals surface area contributed by atoms with Crippen molar-refractivity contribution in [1.29, 1.82) is 0 Å². The van der Waals surface area contributed by atoms with Crippen LogP contribution in [0.4, 0.5) is 0 Å². The van der Waals surface area contributed by atoms with E-state index in [1.807, 2.05) is 0 Å². The Hall–Kier alpha value is -10.4. The number of aliphatic hydroxyl groups is 1. The maximum atomic E-state index is 16.1. The second-order valence-electron chi connectivity index (χ2n) is 29.4. The van der Waals surface area contributed by atoms with Gasteiger partial charge in [0.25, 0.3) is 5.91 Å². The highest BCUT2D eigenvalue weighted by atomic mass is 32.2. The lowest BCUT2D eigenvalue weighted by atomic mass is 9.97. The van der Waals surface area contributed by atoms with Crippen LogP contribution in [0.5, 0.6) is 0 Å². The molecule has 0 radical (unpaired) electrons. The van der Waals surface area contributed by atoms with Crippen LogP contribution >= 0.6 is 23.5 Å². The Morgan fingerprint density at radius 1 is 0.598 bits per heavy atom. The van der Waals surface area contributed by atoms with E-state index in [4.69, 9.17) is 11.5 Å². The van der Waals surface area contributed by atoms with Crippen molar-refractivity contribution in [3.8, 4) is 0 Å². The van der Waals surface area contributed by atoms with Crippen LogP contribution in [-0.2, 0) is 89.6 Å². The van der Waals surface area contributed by atoms with Crippen molar-refractivity contribution in [3.05, 3.63) is 72.1 Å². The Morgan fingerprint density at radius 2 is 1.19 bits per heavy atom. The molecule has 37 nitrogen and oxygen atoms in total. The summed E-state index contributed by atoms with van der Waals surface area (Å²) in [6.07, 6.45) is -0.151. The summed E-state index contributed by atoms with van der Waals surface area (Å²) < 4.78 is 0. The van der Waals surface area contributed by atoms with Crippen LogP contribution in [0, 0.1) is 11.8 Å². The standard InChI is InChI=1S/C73H101N19O18S2/c1-37(2)59-71(108)82-49(29-58(97)98)65(102)78-32-57(96)92-53(28-42-31-77-46-16-10-8-14-44(42)46)70(107)86-60(38(3)4)73(110)91-22-12-18-52(91)69(106)83-50(62(75)99)33-111-25-20-55(94)88-23-24-89(36-90(92)35-88)56(95)21-26-112-34-51(84-63(100)39(5)74)68(105)87-61-54(93)19-11-17-47(80-72(61)109)66(103)79-40(6)64(101)81-48(67(104)85-59)27-41-30-76-45-15-9-7-13-43(41)45/h7-10,13-16,30-31,37-40,47-54,59-61,76-77,93H,11-12,17-29,32-36,74H2,1-6H3,(H2,75,99)(H,78,102)(H,79,103)(H,80,109)(H,81,101)(H,82,108)(H,83,106)(H,84,100)(H,85,104)(H,86,107)(H,87,105)(H,97,98)/p+1/t39-,40-,47-,48-,49-,50-,51-,52-,53-,54+,59-,60-,61-/m0/s1. The van der Waals surface area contributed by atoms with Crippen LogP contribution in [-0.4, -0.2) is 276 Å². The number of carboxylic acids is 1. The number of hydrogen-bond acceptors (Lipinski definition) is 20. The lowest BCUT2D eigenvalue weighted by Gasteiger charge is -2.39. The van der Waals surface area contributed by atoms with Gasteiger partial charge in [-0.25, -0.2) is 0 Å². The number of primary amides is 1. The summed E-state index contributed by atoms with van der Waals surface area (Å²) in [5, 5.41) is 49.9. The lowest BCUT2D eigenvalue weighted by molar-refractivity contribution is -1.02. The Kier molecular flexibility index (Phi) is 30.0. The largest absolute Gasteiger partial charge is 0.481 e. The summed E-state index contributed by atoms with van der Waals surface area (Å²) >= 11 is 2.12. The first-order valence-corrected chi connectivity index (χ1v) is 39.8. The smallest absolute Gasteiger partial charge is 0.305 e. The van der Waals surface area contributed by atoms with Crippen molar-refractivity contribution in [1.82, 2.24) is 82.8 Å². The molecule has 5 fully saturated rings. The third-order valence-electron chi connectivity index (χ3n) is 20.4. The predicted molar refractivity (Wildman–Crippen MR) is 408 cm³/mol. The lowest BCUT2D eigenvalue weighted by Crippen LogP contribution is -3.22. The summed E-state index contributed by atoms with van der Waals surface area (Å²) in [5.74, 6) is -16.9. The van der Waals surface area contributed by atoms with Crippen molar-refractivity contribution >= 4 is 140 Å². The van der Waals surface area contributed by atoms with Crippen molar-refractivity contribution in [2.75, 3.05) is 62.5 Å². The van der Waals surface area contributed by atoms with Gasteiger partial charge in [-0.05, 0) is 81.0 Å². The van der Waals surface area contributed by atoms with Crippen molar-refractivity contribution in [2.45, 2.75) is 184 Å². The van der Waals surface area contributed by atoms with E-state index in [2.05, 4.69) is 63.1 Å². The zero-order chi connectivity index (χ0) is 81.4. The maximum Gasteiger partial charge on any atom is 0.305 e. The first-order chi connectivity index (χ1) is 53.3. The van der Waals surface area contributed by atoms with E-state index in [1.165, 1.54) is 42.4 Å². The van der Waals surface area contributed by atoms with Crippen LogP contribution < -0.4 is 69.6 Å². The third-order valence-corrected chi connectivity index (χ3v) is 22.5. The van der Waals surface area contributed by atoms with Crippen LogP contribution in [0.15, 0.2) is 60.9 Å². The number of hydrogen-bond donors (Lipinski definition) is 17. The number of carboxylic acid groups (broad SMARTS) is 1. The number of nitrogens with two attached hydrogens (primary N) is 2. The molecule has 5 aliphatic rings. The van der Waals surface area contributed by atoms with E-state index in [-0.39, 0.29) is 99.0 Å². The minimum atomic E-state index is -2.01. The number of rotatable bonds is 11. The second kappa shape index (κ2) is 39.2. The first kappa shape index (κ1) is 85.6. The average Bonchev–Trinajstić information content (AvgIpc) is 1.49. The van der Waals surface area contributed by atoms with Gasteiger partial charge in [0.15, 0.2) is 19.4 Å². The maximum absolute atomic E-state index is 16.1. The van der Waals surface area contributed by atoms with Crippen molar-refractivity contribution in [2.24, 2.45) is 23.3 Å². The molecule has 2 aromatic carbocycles. The number of quaternary nitrogens is 1. The zero-order valence-corrected chi connectivity index (χ0v) is 64.9. The number of aromatic amines is 2. The molecule has 7 heterocycles. The number of nitrogens with zero attached hydrogens (tertiary/aromatic N) is 4. The number of thioether (sulfide) groups is 2. The molecular formula is C73H102N19O18S2+. The Balaban J connectivity index is 1.14. The second-order valence-corrected chi connectivity index (χ2v) is 31.7. The van der Waals surface area contributed by atoms with Gasteiger partial charge in [-0.1, -0.05) is 64.1 Å². The molecule has 0 spiro atoms. The van der Waals surface area contributed by atoms with Crippen LogP contribution in [0.25, 0.3) is 21.8 Å². The molecule has 0 aliphatic carbocycles. The Morgan fingerprint density at radius 3 is 1.79 bits per heavy atom. The molecule has 5 saturated heterocycles. The molecule has 608 valence electrons. The highest BCUT2D eigenvalue weighted by Gasteiger charge is 2.47. The summed E-state index contributed by atoms with van der Waals surface area (Å²) in [7, 11) is 0. The van der Waals surface area contributed by atoms with E-state index >= 15 is 19.2 Å². The number of aromatic nitrogens is 2. The SMILES string of the molecule is CC(C)[C@@H]1NC(=O)[C@H](Cc2c[nH]c3ccccc23)NC(=O)[C@H](C)NC(=O)[C@@H]2CCC[C@@H](O)[C@H](NC(=O)[C@@H](NC(=O)[C@H](C)N)CSCCC(=O)N3CCN4C[NH+](C3)N(C(=O)CNC(=O)[C@H](CC(=O)O)NC1=O)[C@@H](Cc1c[nH]c3ccccc13)C(=O)N[C@@H](C(C)C)C(=O)N1CCC[C@H]1C(=O)N[C@H](C(N)=O)CSCCC4=O)C(=O)N2. The number of nitrogens with one attached hydrogen (secondary N) is 13. The highest BCUT2D eigenvalue weighted by Crippen LogP contribution is 2.26. The molecule has 5 aliphatic heterocycles. The average molecular weight is 1600 g/mol. The van der Waals surface area contributed by atoms with Crippen LogP contribution in [0.3, 0.4) is 0 Å². The molecule has 5 bridgehead atoms. The summed E-state index contributed by atoms with van der Waals surface area (Å²) in [6.45, 7) is 6.59. The van der Waals surface area contributed by atoms with E-state index in [0.29, 0.717) is 39.4 Å². The van der Waals surface area contributed by atoms with Crippen LogP contribution in [0.2, 0.25) is 0 Å². The van der Waals surface area contributed by atoms with E-state index in [0.717, 1.165) is 28.5 Å². The van der Waals surface area contributed by atoms with Gasteiger partial charge < -0.3 is 89.7 Å². The fraction of sp³-hybridized carbons (Fsp3) is 0.562. The van der Waals surface area contributed by atoms with E-state index in [9.17, 15) is 67.7 Å². The Labute approximate surface area is 653 Å². The summed E-state index contributed by atoms with van der Waals surface area (Å²) in [6, 6.07) is -3.78. The number of fused-ring (bicyclic) bond motifs is 8. The normalized spacial score (nSPS) is 27.6. The Bertz CT molecular complexity index is 4190. The predicted octanol–water partition coefficient (Wildman–Crippen LogP) is -5.05.